The van der Waals surface area contributed by atoms with Crippen LogP contribution >= 0.6 is 17.3 Å². The SMILES string of the molecule is C=C(C)C(=O)OCCC[Si](C)(O[Si](C)(C)O[Si](C)(C)CCCCP=O)O[Si](C)(C)O[Si](C)(C)CCCOPC. The average molecular weight is 675 g/mol. The fourth-order valence-electron chi connectivity index (χ4n) is 4.72. The lowest BCUT2D eigenvalue weighted by Crippen LogP contribution is -2.59. The van der Waals surface area contributed by atoms with Gasteiger partial charge in [0.25, 0.3) is 0 Å². The Kier molecular flexibility index (Phi) is 18.6. The van der Waals surface area contributed by atoms with Crippen LogP contribution in [-0.2, 0) is 35.1 Å². The molecule has 0 heterocycles. The molecule has 0 rings (SSSR count). The van der Waals surface area contributed by atoms with E-state index in [4.69, 9.17) is 25.7 Å². The second-order valence-corrected chi connectivity index (χ2v) is 33.4. The molecule has 230 valence electrons. The molecular weight excluding hydrogens is 619 g/mol. The number of esters is 1. The first kappa shape index (κ1) is 39.6. The summed E-state index contributed by atoms with van der Waals surface area (Å²) in [6, 6.07) is 2.69. The smallest absolute Gasteiger partial charge is 0.333 e. The van der Waals surface area contributed by atoms with Crippen molar-refractivity contribution in [2.45, 2.75) is 110 Å². The van der Waals surface area contributed by atoms with Crippen LogP contribution in [0.4, 0.5) is 0 Å². The summed E-state index contributed by atoms with van der Waals surface area (Å²) >= 11 is 0. The average Bonchev–Trinajstić information content (AvgIpc) is 2.74. The summed E-state index contributed by atoms with van der Waals surface area (Å²) in [6.45, 7) is 27.9. The number of hydrogen-bond acceptors (Lipinski definition) is 8. The topological polar surface area (TPSA) is 89.5 Å². The van der Waals surface area contributed by atoms with E-state index in [1.807, 2.05) is 6.66 Å². The highest BCUT2D eigenvalue weighted by Gasteiger charge is 2.47. The van der Waals surface area contributed by atoms with E-state index in [0.717, 1.165) is 38.0 Å². The number of unbranched alkanes of at least 4 members (excludes halogenated alkanes) is 1. The molecule has 0 spiro atoms. The van der Waals surface area contributed by atoms with E-state index in [1.54, 1.807) is 6.92 Å². The fourth-order valence-corrected chi connectivity index (χ4v) is 30.5. The molecule has 2 atom stereocenters. The molecule has 0 fully saturated rings. The lowest BCUT2D eigenvalue weighted by atomic mass is 10.4. The predicted octanol–water partition coefficient (Wildman–Crippen LogP) is 8.15. The summed E-state index contributed by atoms with van der Waals surface area (Å²) in [7, 11) is -11.1. The minimum atomic E-state index is -2.77. The van der Waals surface area contributed by atoms with Crippen molar-refractivity contribution in [3.05, 3.63) is 12.2 Å². The van der Waals surface area contributed by atoms with Gasteiger partial charge in [-0.25, -0.2) is 4.79 Å². The highest BCUT2D eigenvalue weighted by atomic mass is 31.1. The Balaban J connectivity index is 5.56. The maximum Gasteiger partial charge on any atom is 0.333 e. The van der Waals surface area contributed by atoms with E-state index in [1.165, 1.54) is 0 Å². The van der Waals surface area contributed by atoms with Gasteiger partial charge in [0.1, 0.15) is 0 Å². The van der Waals surface area contributed by atoms with Gasteiger partial charge >= 0.3 is 31.7 Å². The number of ether oxygens (including phenoxy) is 1. The molecule has 2 unspecified atom stereocenters. The third kappa shape index (κ3) is 20.2. The molecule has 39 heavy (non-hydrogen) atoms. The van der Waals surface area contributed by atoms with Crippen molar-refractivity contribution in [1.82, 2.24) is 0 Å². The van der Waals surface area contributed by atoms with Crippen LogP contribution in [-0.4, -0.2) is 74.3 Å². The first-order valence-corrected chi connectivity index (χ1v) is 30.8. The van der Waals surface area contributed by atoms with Gasteiger partial charge in [-0.05, 0) is 110 Å². The van der Waals surface area contributed by atoms with Gasteiger partial charge in [0.15, 0.2) is 25.1 Å². The molecule has 15 heteroatoms. The predicted molar refractivity (Wildman–Crippen MR) is 177 cm³/mol. The normalized spacial score (nSPS) is 15.2. The maximum absolute atomic E-state index is 11.9. The summed E-state index contributed by atoms with van der Waals surface area (Å²) in [6.07, 6.45) is 4.28. The van der Waals surface area contributed by atoms with E-state index in [0.29, 0.717) is 39.6 Å². The van der Waals surface area contributed by atoms with E-state index >= 15 is 0 Å². The molecule has 0 radical (unpaired) electrons. The minimum absolute atomic E-state index is 0.210. The van der Waals surface area contributed by atoms with Gasteiger partial charge in [-0.3, -0.25) is 4.57 Å². The summed E-state index contributed by atoms with van der Waals surface area (Å²) in [5.74, 6) is -0.374. The Morgan fingerprint density at radius 1 is 0.744 bits per heavy atom. The number of carbonyl (C=O) groups is 1. The quantitative estimate of drug-likeness (QED) is 0.0353. The van der Waals surface area contributed by atoms with Gasteiger partial charge < -0.3 is 25.7 Å². The molecule has 8 nitrogen and oxygen atoms in total. The molecule has 0 saturated heterocycles. The van der Waals surface area contributed by atoms with Crippen LogP contribution in [0.5, 0.6) is 0 Å². The third-order valence-corrected chi connectivity index (χ3v) is 26.9. The molecule has 0 aromatic rings. The zero-order valence-electron chi connectivity index (χ0n) is 26.5. The molecule has 0 aromatic carbocycles. The molecule has 0 aliphatic rings. The van der Waals surface area contributed by atoms with Crippen molar-refractivity contribution in [1.29, 1.82) is 0 Å². The standard InChI is InChI=1S/C24H56O8P2Si5/c1-23(2)24(25)27-17-15-22-39(12,31-37(8,9)29-35(4,5)20-14-13-19-34-26)32-38(10,11)30-36(6,7)21-16-18-28-33-3/h33H,1,13-22H2,2-12H3. The molecule has 0 aromatic heterocycles. The fraction of sp³-hybridized carbons (Fsp3) is 0.875. The van der Waals surface area contributed by atoms with Gasteiger partial charge in [0, 0.05) is 20.5 Å². The maximum atomic E-state index is 11.9. The molecule has 0 N–H and O–H groups in total. The second kappa shape index (κ2) is 18.3. The second-order valence-electron chi connectivity index (χ2n) is 12.3. The Bertz CT molecular complexity index is 771. The van der Waals surface area contributed by atoms with Crippen LogP contribution in [0.1, 0.15) is 32.6 Å². The van der Waals surface area contributed by atoms with Crippen molar-refractivity contribution in [2.75, 3.05) is 26.0 Å². The molecule has 0 aliphatic heterocycles. The highest BCUT2D eigenvalue weighted by Crippen LogP contribution is 2.31. The first-order chi connectivity index (χ1) is 17.8. The molecule has 0 amide bonds. The van der Waals surface area contributed by atoms with Crippen LogP contribution in [0.2, 0.25) is 77.1 Å². The van der Waals surface area contributed by atoms with Crippen LogP contribution in [0.15, 0.2) is 12.2 Å². The summed E-state index contributed by atoms with van der Waals surface area (Å²) in [5, 5.41) is 0. The number of rotatable bonds is 23. The number of carbonyl (C=O) groups excluding carboxylic acids is 1. The Morgan fingerprint density at radius 3 is 1.69 bits per heavy atom. The lowest BCUT2D eigenvalue weighted by Gasteiger charge is -2.44. The van der Waals surface area contributed by atoms with Gasteiger partial charge in [-0.2, -0.15) is 0 Å². The van der Waals surface area contributed by atoms with E-state index in [2.05, 4.69) is 65.5 Å². The Morgan fingerprint density at radius 2 is 1.23 bits per heavy atom. The van der Waals surface area contributed by atoms with Gasteiger partial charge in [-0.15, -0.1) is 0 Å². The molecule has 0 aliphatic carbocycles. The van der Waals surface area contributed by atoms with E-state index < -0.39 is 42.3 Å². The number of hydrogen-bond donors (Lipinski definition) is 0. The van der Waals surface area contributed by atoms with Crippen molar-refractivity contribution in [2.24, 2.45) is 0 Å². The minimum Gasteiger partial charge on any atom is -0.462 e. The van der Waals surface area contributed by atoms with Crippen molar-refractivity contribution >= 4 is 65.6 Å². The van der Waals surface area contributed by atoms with Crippen molar-refractivity contribution in [3.8, 4) is 0 Å². The molecule has 0 saturated carbocycles. The van der Waals surface area contributed by atoms with Gasteiger partial charge in [0.05, 0.1) is 13.2 Å². The first-order valence-electron chi connectivity index (χ1n) is 14.0. The molecule has 0 bridgehead atoms. The monoisotopic (exact) mass is 674 g/mol. The van der Waals surface area contributed by atoms with Crippen molar-refractivity contribution < 1.29 is 35.1 Å². The summed E-state index contributed by atoms with van der Waals surface area (Å²) in [5.41, 5.74) is 0.394. The zero-order chi connectivity index (χ0) is 30.4. The lowest BCUT2D eigenvalue weighted by molar-refractivity contribution is -0.138. The van der Waals surface area contributed by atoms with Crippen LogP contribution in [0.3, 0.4) is 0 Å². The Hall–Kier alpha value is 0.624. The van der Waals surface area contributed by atoms with Crippen LogP contribution < -0.4 is 0 Å². The largest absolute Gasteiger partial charge is 0.462 e. The van der Waals surface area contributed by atoms with Gasteiger partial charge in [0.2, 0.25) is 0 Å². The van der Waals surface area contributed by atoms with E-state index in [9.17, 15) is 9.36 Å². The Labute approximate surface area is 247 Å². The van der Waals surface area contributed by atoms with Gasteiger partial charge in [-0.1, -0.05) is 13.0 Å². The van der Waals surface area contributed by atoms with Crippen LogP contribution in [0.25, 0.3) is 0 Å². The summed E-state index contributed by atoms with van der Waals surface area (Å²) in [4.78, 5) is 11.9. The third-order valence-electron chi connectivity index (χ3n) is 5.77. The zero-order valence-corrected chi connectivity index (χ0v) is 33.4. The highest BCUT2D eigenvalue weighted by molar-refractivity contribution is 7.31. The van der Waals surface area contributed by atoms with Crippen LogP contribution in [0, 0.1) is 0 Å². The summed E-state index contributed by atoms with van der Waals surface area (Å²) < 4.78 is 49.1. The van der Waals surface area contributed by atoms with E-state index in [-0.39, 0.29) is 14.4 Å². The molecular formula is C24H56O8P2Si5. The van der Waals surface area contributed by atoms with Crippen molar-refractivity contribution in [3.63, 3.8) is 0 Å².